The summed E-state index contributed by atoms with van der Waals surface area (Å²) in [6, 6.07) is 2.97. The molecule has 1 rings (SSSR count). The van der Waals surface area contributed by atoms with Gasteiger partial charge in [0.25, 0.3) is 5.91 Å². The second-order valence-corrected chi connectivity index (χ2v) is 3.97. The normalized spacial score (nSPS) is 9.94. The van der Waals surface area contributed by atoms with E-state index in [-0.39, 0.29) is 10.6 Å². The number of carboxylic acids is 1. The van der Waals surface area contributed by atoms with Crippen molar-refractivity contribution < 1.29 is 14.7 Å². The molecular weight excluding hydrogens is 253 g/mol. The van der Waals surface area contributed by atoms with Crippen LogP contribution < -0.4 is 5.32 Å². The van der Waals surface area contributed by atoms with Crippen LogP contribution in [0.15, 0.2) is 12.1 Å². The van der Waals surface area contributed by atoms with Crippen molar-refractivity contribution in [1.29, 1.82) is 0 Å². The second-order valence-electron chi connectivity index (χ2n) is 3.16. The Hall–Kier alpha value is -1.26. The highest BCUT2D eigenvalue weighted by molar-refractivity contribution is 6.36. The molecule has 0 atom stereocenters. The molecule has 0 spiro atoms. The van der Waals surface area contributed by atoms with Gasteiger partial charge in [-0.05, 0) is 24.6 Å². The molecular formula is C10H9Cl2NO3. The van der Waals surface area contributed by atoms with Crippen LogP contribution in [0.25, 0.3) is 0 Å². The minimum atomic E-state index is -1.12. The van der Waals surface area contributed by atoms with Gasteiger partial charge < -0.3 is 10.4 Å². The standard InChI is InChI=1S/C10H9Cl2NO3/c1-5-2-8(12)6(3-7(5)11)10(16)13-4-9(14)15/h2-3H,4H2,1H3,(H,13,16)(H,14,15). The zero-order valence-corrected chi connectivity index (χ0v) is 9.89. The highest BCUT2D eigenvalue weighted by atomic mass is 35.5. The Bertz CT molecular complexity index is 446. The Morgan fingerprint density at radius 3 is 2.50 bits per heavy atom. The summed E-state index contributed by atoms with van der Waals surface area (Å²) in [5.74, 6) is -1.68. The highest BCUT2D eigenvalue weighted by Crippen LogP contribution is 2.24. The van der Waals surface area contributed by atoms with Gasteiger partial charge in [-0.1, -0.05) is 23.2 Å². The average Bonchev–Trinajstić information content (AvgIpc) is 2.20. The maximum Gasteiger partial charge on any atom is 0.322 e. The summed E-state index contributed by atoms with van der Waals surface area (Å²) in [5.41, 5.74) is 0.917. The number of aliphatic carboxylic acids is 1. The molecule has 86 valence electrons. The fourth-order valence-electron chi connectivity index (χ4n) is 1.07. The average molecular weight is 262 g/mol. The number of carbonyl (C=O) groups excluding carboxylic acids is 1. The van der Waals surface area contributed by atoms with Gasteiger partial charge in [0.15, 0.2) is 0 Å². The molecule has 1 aromatic rings. The minimum Gasteiger partial charge on any atom is -0.480 e. The lowest BCUT2D eigenvalue weighted by Crippen LogP contribution is -2.29. The molecule has 0 saturated carbocycles. The first-order valence-electron chi connectivity index (χ1n) is 4.37. The third kappa shape index (κ3) is 3.12. The van der Waals surface area contributed by atoms with Gasteiger partial charge in [-0.25, -0.2) is 0 Å². The van der Waals surface area contributed by atoms with Crippen molar-refractivity contribution in [3.63, 3.8) is 0 Å². The van der Waals surface area contributed by atoms with Crippen LogP contribution in [-0.2, 0) is 4.79 Å². The SMILES string of the molecule is Cc1cc(Cl)c(C(=O)NCC(=O)O)cc1Cl. The van der Waals surface area contributed by atoms with Gasteiger partial charge in [0, 0.05) is 5.02 Å². The predicted molar refractivity (Wildman–Crippen MR) is 61.2 cm³/mol. The number of carbonyl (C=O) groups is 2. The van der Waals surface area contributed by atoms with Crippen LogP contribution >= 0.6 is 23.2 Å². The molecule has 16 heavy (non-hydrogen) atoms. The summed E-state index contributed by atoms with van der Waals surface area (Å²) in [6.07, 6.45) is 0. The van der Waals surface area contributed by atoms with Crippen LogP contribution in [0.2, 0.25) is 10.0 Å². The number of carboxylic acid groups (broad SMARTS) is 1. The van der Waals surface area contributed by atoms with Crippen LogP contribution in [0.3, 0.4) is 0 Å². The molecule has 0 unspecified atom stereocenters. The molecule has 0 fully saturated rings. The van der Waals surface area contributed by atoms with E-state index in [2.05, 4.69) is 5.32 Å². The first kappa shape index (κ1) is 12.8. The fourth-order valence-corrected chi connectivity index (χ4v) is 1.54. The lowest BCUT2D eigenvalue weighted by molar-refractivity contribution is -0.135. The van der Waals surface area contributed by atoms with Crippen molar-refractivity contribution >= 4 is 35.1 Å². The van der Waals surface area contributed by atoms with Crippen molar-refractivity contribution in [2.45, 2.75) is 6.92 Å². The topological polar surface area (TPSA) is 66.4 Å². The van der Waals surface area contributed by atoms with Gasteiger partial charge in [-0.2, -0.15) is 0 Å². The smallest absolute Gasteiger partial charge is 0.322 e. The molecule has 6 heteroatoms. The van der Waals surface area contributed by atoms with Crippen LogP contribution in [0.4, 0.5) is 0 Å². The lowest BCUT2D eigenvalue weighted by Gasteiger charge is -2.06. The van der Waals surface area contributed by atoms with Gasteiger partial charge in [0.05, 0.1) is 10.6 Å². The number of benzene rings is 1. The Labute approximate surface area is 102 Å². The van der Waals surface area contributed by atoms with Crippen molar-refractivity contribution in [3.05, 3.63) is 33.3 Å². The number of hydrogen-bond donors (Lipinski definition) is 2. The molecule has 1 amide bonds. The molecule has 0 aromatic heterocycles. The summed E-state index contributed by atoms with van der Waals surface area (Å²) in [4.78, 5) is 21.8. The minimum absolute atomic E-state index is 0.165. The third-order valence-electron chi connectivity index (χ3n) is 1.89. The molecule has 0 aliphatic carbocycles. The van der Waals surface area contributed by atoms with Crippen LogP contribution in [0.1, 0.15) is 15.9 Å². The van der Waals surface area contributed by atoms with Crippen LogP contribution in [-0.4, -0.2) is 23.5 Å². The summed E-state index contributed by atoms with van der Waals surface area (Å²) < 4.78 is 0. The summed E-state index contributed by atoms with van der Waals surface area (Å²) in [6.45, 7) is 1.30. The fraction of sp³-hybridized carbons (Fsp3) is 0.200. The maximum absolute atomic E-state index is 11.5. The van der Waals surface area contributed by atoms with Crippen molar-refractivity contribution in [3.8, 4) is 0 Å². The summed E-state index contributed by atoms with van der Waals surface area (Å²) in [7, 11) is 0. The van der Waals surface area contributed by atoms with Crippen molar-refractivity contribution in [2.24, 2.45) is 0 Å². The Kier molecular flexibility index (Phi) is 4.15. The Morgan fingerprint density at radius 1 is 1.31 bits per heavy atom. The number of aryl methyl sites for hydroxylation is 1. The number of hydrogen-bond acceptors (Lipinski definition) is 2. The van der Waals surface area contributed by atoms with E-state index < -0.39 is 18.4 Å². The first-order chi connectivity index (χ1) is 7.41. The molecule has 0 radical (unpaired) electrons. The molecule has 4 nitrogen and oxygen atoms in total. The van der Waals surface area contributed by atoms with E-state index in [9.17, 15) is 9.59 Å². The van der Waals surface area contributed by atoms with Gasteiger partial charge in [-0.15, -0.1) is 0 Å². The molecule has 1 aromatic carbocycles. The van der Waals surface area contributed by atoms with Gasteiger partial charge in [-0.3, -0.25) is 9.59 Å². The van der Waals surface area contributed by atoms with Crippen molar-refractivity contribution in [2.75, 3.05) is 6.54 Å². The summed E-state index contributed by atoms with van der Waals surface area (Å²) in [5, 5.41) is 11.3. The molecule has 2 N–H and O–H groups in total. The largest absolute Gasteiger partial charge is 0.480 e. The van der Waals surface area contributed by atoms with E-state index in [1.54, 1.807) is 13.0 Å². The molecule has 0 saturated heterocycles. The number of halogens is 2. The molecule has 0 bridgehead atoms. The zero-order chi connectivity index (χ0) is 12.3. The summed E-state index contributed by atoms with van der Waals surface area (Å²) >= 11 is 11.7. The van der Waals surface area contributed by atoms with Gasteiger partial charge in [0.1, 0.15) is 6.54 Å². The van der Waals surface area contributed by atoms with Gasteiger partial charge >= 0.3 is 5.97 Å². The lowest BCUT2D eigenvalue weighted by atomic mass is 10.1. The van der Waals surface area contributed by atoms with Gasteiger partial charge in [0.2, 0.25) is 0 Å². The molecule has 0 heterocycles. The third-order valence-corrected chi connectivity index (χ3v) is 2.61. The maximum atomic E-state index is 11.5. The predicted octanol–water partition coefficient (Wildman–Crippen LogP) is 2.12. The van der Waals surface area contributed by atoms with E-state index >= 15 is 0 Å². The van der Waals surface area contributed by atoms with E-state index in [1.807, 2.05) is 0 Å². The zero-order valence-electron chi connectivity index (χ0n) is 8.38. The highest BCUT2D eigenvalue weighted by Gasteiger charge is 2.13. The number of amides is 1. The number of nitrogens with one attached hydrogen (secondary N) is 1. The Morgan fingerprint density at radius 2 is 1.94 bits per heavy atom. The number of rotatable bonds is 3. The molecule has 0 aliphatic heterocycles. The monoisotopic (exact) mass is 261 g/mol. The first-order valence-corrected chi connectivity index (χ1v) is 5.13. The van der Waals surface area contributed by atoms with E-state index in [4.69, 9.17) is 28.3 Å². The van der Waals surface area contributed by atoms with E-state index in [0.717, 1.165) is 5.56 Å². The molecule has 0 aliphatic rings. The van der Waals surface area contributed by atoms with Crippen molar-refractivity contribution in [1.82, 2.24) is 5.32 Å². The Balaban J connectivity index is 2.91. The second kappa shape index (κ2) is 5.18. The van der Waals surface area contributed by atoms with Crippen LogP contribution in [0.5, 0.6) is 0 Å². The van der Waals surface area contributed by atoms with E-state index in [1.165, 1.54) is 6.07 Å². The van der Waals surface area contributed by atoms with Crippen LogP contribution in [0, 0.1) is 6.92 Å². The van der Waals surface area contributed by atoms with E-state index in [0.29, 0.717) is 5.02 Å². The quantitative estimate of drug-likeness (QED) is 0.876.